The highest BCUT2D eigenvalue weighted by molar-refractivity contribution is 6.64. The fraction of sp³-hybridized carbons (Fsp3) is 0.643. The molecule has 104 valence electrons. The van der Waals surface area contributed by atoms with Gasteiger partial charge >= 0.3 is 11.7 Å². The van der Waals surface area contributed by atoms with Crippen molar-refractivity contribution in [1.82, 2.24) is 0 Å². The van der Waals surface area contributed by atoms with Gasteiger partial charge in [-0.2, -0.15) is 4.79 Å². The van der Waals surface area contributed by atoms with E-state index in [1.807, 2.05) is 0 Å². The number of rotatable bonds is 4. The molecule has 0 bridgehead atoms. The van der Waals surface area contributed by atoms with Crippen molar-refractivity contribution in [2.24, 2.45) is 0 Å². The van der Waals surface area contributed by atoms with Gasteiger partial charge in [0.05, 0.1) is 6.61 Å². The Labute approximate surface area is 113 Å². The summed E-state index contributed by atoms with van der Waals surface area (Å²) in [7, 11) is 0. The minimum atomic E-state index is -0.877. The third-order valence-corrected chi connectivity index (χ3v) is 3.13. The predicted molar refractivity (Wildman–Crippen MR) is 70.7 cm³/mol. The summed E-state index contributed by atoms with van der Waals surface area (Å²) in [5.41, 5.74) is 9.24. The maximum atomic E-state index is 11.9. The number of allylic oxidation sites excluding steroid dienone is 2. The Kier molecular flexibility index (Phi) is 6.75. The monoisotopic (exact) mass is 264 g/mol. The highest BCUT2D eigenvalue weighted by Crippen LogP contribution is 2.21. The van der Waals surface area contributed by atoms with Gasteiger partial charge in [0.15, 0.2) is 0 Å². The second-order valence-corrected chi connectivity index (χ2v) is 4.60. The second-order valence-electron chi connectivity index (χ2n) is 4.60. The molecule has 1 aliphatic carbocycles. The van der Waals surface area contributed by atoms with Gasteiger partial charge in [-0.1, -0.05) is 24.8 Å². The van der Waals surface area contributed by atoms with E-state index in [1.165, 1.54) is 25.3 Å². The van der Waals surface area contributed by atoms with Crippen molar-refractivity contribution in [2.45, 2.75) is 51.9 Å². The lowest BCUT2D eigenvalue weighted by atomic mass is 9.95. The molecule has 0 heterocycles. The van der Waals surface area contributed by atoms with E-state index in [4.69, 9.17) is 5.53 Å². The van der Waals surface area contributed by atoms with Crippen LogP contribution in [0.15, 0.2) is 11.6 Å². The largest absolute Gasteiger partial charge is 0.457 e. The number of hydrogen-bond acceptors (Lipinski definition) is 3. The van der Waals surface area contributed by atoms with Crippen LogP contribution >= 0.6 is 0 Å². The third kappa shape index (κ3) is 5.18. The lowest BCUT2D eigenvalue weighted by molar-refractivity contribution is -0.141. The predicted octanol–water partition coefficient (Wildman–Crippen LogP) is 2.46. The van der Waals surface area contributed by atoms with Crippen LogP contribution in [0.25, 0.3) is 5.53 Å². The summed E-state index contributed by atoms with van der Waals surface area (Å²) >= 11 is 0. The van der Waals surface area contributed by atoms with Crippen molar-refractivity contribution in [3.05, 3.63) is 17.2 Å². The van der Waals surface area contributed by atoms with Gasteiger partial charge in [-0.15, -0.1) is 0 Å². The van der Waals surface area contributed by atoms with Crippen LogP contribution in [-0.4, -0.2) is 28.9 Å². The molecule has 0 aromatic heterocycles. The Morgan fingerprint density at radius 3 is 2.32 bits per heavy atom. The molecular weight excluding hydrogens is 244 g/mol. The average Bonchev–Trinajstić information content (AvgIpc) is 2.33. The van der Waals surface area contributed by atoms with Gasteiger partial charge in [0.25, 0.3) is 5.78 Å². The first-order valence-electron chi connectivity index (χ1n) is 6.82. The summed E-state index contributed by atoms with van der Waals surface area (Å²) in [6.45, 7) is 1.77. The molecule has 1 saturated carbocycles. The van der Waals surface area contributed by atoms with Gasteiger partial charge in [-0.05, 0) is 38.7 Å². The van der Waals surface area contributed by atoms with Crippen molar-refractivity contribution in [2.75, 3.05) is 6.61 Å². The first-order chi connectivity index (χ1) is 9.19. The van der Waals surface area contributed by atoms with Crippen LogP contribution in [0.4, 0.5) is 0 Å². The van der Waals surface area contributed by atoms with Gasteiger partial charge in [-0.3, -0.25) is 4.79 Å². The molecule has 0 saturated heterocycles. The maximum absolute atomic E-state index is 11.9. The summed E-state index contributed by atoms with van der Waals surface area (Å²) < 4.78 is 4.67. The standard InChI is InChI=1S/C14H20N2O3/c1-2-19-14(18)13(16-15)12(17)10-11-8-6-4-3-5-7-9-11/h10H,2-9H2,1H3. The molecule has 1 aliphatic rings. The smallest absolute Gasteiger partial charge is 0.445 e. The number of carbonyl (C=O) groups is 2. The molecule has 0 unspecified atom stereocenters. The molecule has 0 amide bonds. The summed E-state index contributed by atoms with van der Waals surface area (Å²) in [6, 6.07) is 0. The molecule has 0 aliphatic heterocycles. The third-order valence-electron chi connectivity index (χ3n) is 3.13. The molecule has 0 radical (unpaired) electrons. The number of ether oxygens (including phenoxy) is 1. The summed E-state index contributed by atoms with van der Waals surface area (Å²) in [4.78, 5) is 26.1. The Morgan fingerprint density at radius 1 is 1.21 bits per heavy atom. The first-order valence-corrected chi connectivity index (χ1v) is 6.82. The molecule has 1 rings (SSSR count). The highest BCUT2D eigenvalue weighted by atomic mass is 16.5. The molecular formula is C14H20N2O3. The van der Waals surface area contributed by atoms with E-state index < -0.39 is 17.5 Å². The van der Waals surface area contributed by atoms with Crippen LogP contribution < -0.4 is 0 Å². The van der Waals surface area contributed by atoms with Crippen LogP contribution in [0.5, 0.6) is 0 Å². The first kappa shape index (κ1) is 15.3. The fourth-order valence-electron chi connectivity index (χ4n) is 2.15. The van der Waals surface area contributed by atoms with Crippen LogP contribution in [0.2, 0.25) is 0 Å². The Balaban J connectivity index is 2.74. The van der Waals surface area contributed by atoms with Gasteiger partial charge in [0.2, 0.25) is 0 Å². The van der Waals surface area contributed by atoms with E-state index in [0.717, 1.165) is 31.3 Å². The van der Waals surface area contributed by atoms with Gasteiger partial charge in [0, 0.05) is 0 Å². The second kappa shape index (κ2) is 8.38. The molecule has 0 spiro atoms. The van der Waals surface area contributed by atoms with Crippen molar-refractivity contribution < 1.29 is 19.1 Å². The number of carbonyl (C=O) groups excluding carboxylic acids is 2. The summed E-state index contributed by atoms with van der Waals surface area (Å²) in [5, 5.41) is 0. The Morgan fingerprint density at radius 2 is 1.79 bits per heavy atom. The molecule has 0 aromatic carbocycles. The van der Waals surface area contributed by atoms with Crippen LogP contribution in [0.3, 0.4) is 0 Å². The highest BCUT2D eigenvalue weighted by Gasteiger charge is 2.29. The van der Waals surface area contributed by atoms with E-state index in [2.05, 4.69) is 9.53 Å². The summed E-state index contributed by atoms with van der Waals surface area (Å²) in [6.07, 6.45) is 8.87. The van der Waals surface area contributed by atoms with Crippen LogP contribution in [-0.2, 0) is 14.3 Å². The molecule has 0 N–H and O–H groups in total. The average molecular weight is 264 g/mol. The number of esters is 1. The van der Waals surface area contributed by atoms with Crippen molar-refractivity contribution in [3.63, 3.8) is 0 Å². The zero-order chi connectivity index (χ0) is 14.1. The van der Waals surface area contributed by atoms with E-state index in [-0.39, 0.29) is 6.61 Å². The van der Waals surface area contributed by atoms with E-state index in [0.29, 0.717) is 0 Å². The molecule has 0 aromatic rings. The quantitative estimate of drug-likeness (QED) is 0.195. The van der Waals surface area contributed by atoms with Crippen molar-refractivity contribution >= 4 is 17.5 Å². The van der Waals surface area contributed by atoms with Gasteiger partial charge < -0.3 is 10.3 Å². The van der Waals surface area contributed by atoms with E-state index >= 15 is 0 Å². The SMILES string of the molecule is CCOC(=O)C(=[N+]=[N-])C(=O)C=C1CCCCCCC1. The lowest BCUT2D eigenvalue weighted by Gasteiger charge is -2.10. The van der Waals surface area contributed by atoms with E-state index in [1.54, 1.807) is 6.92 Å². The molecule has 5 nitrogen and oxygen atoms in total. The lowest BCUT2D eigenvalue weighted by Crippen LogP contribution is -2.26. The topological polar surface area (TPSA) is 79.8 Å². The Hall–Kier alpha value is -1.74. The van der Waals surface area contributed by atoms with E-state index in [9.17, 15) is 9.59 Å². The number of ketones is 1. The molecule has 19 heavy (non-hydrogen) atoms. The van der Waals surface area contributed by atoms with Crippen LogP contribution in [0, 0.1) is 0 Å². The van der Waals surface area contributed by atoms with Gasteiger partial charge in [-0.25, -0.2) is 4.79 Å². The van der Waals surface area contributed by atoms with Crippen molar-refractivity contribution in [1.29, 1.82) is 0 Å². The number of nitrogens with zero attached hydrogens (tertiary/aromatic N) is 2. The molecule has 5 heteroatoms. The number of hydrogen-bond donors (Lipinski definition) is 0. The molecule has 0 atom stereocenters. The minimum Gasteiger partial charge on any atom is -0.457 e. The minimum absolute atomic E-state index is 0.141. The molecule has 1 fully saturated rings. The zero-order valence-corrected chi connectivity index (χ0v) is 11.4. The Bertz CT molecular complexity index is 410. The fourth-order valence-corrected chi connectivity index (χ4v) is 2.15. The summed E-state index contributed by atoms with van der Waals surface area (Å²) in [5.74, 6) is -1.45. The van der Waals surface area contributed by atoms with Crippen molar-refractivity contribution in [3.8, 4) is 0 Å². The maximum Gasteiger partial charge on any atom is 0.445 e. The van der Waals surface area contributed by atoms with Gasteiger partial charge in [0.1, 0.15) is 0 Å². The normalized spacial score (nSPS) is 15.7. The zero-order valence-electron chi connectivity index (χ0n) is 11.4. The van der Waals surface area contributed by atoms with Crippen LogP contribution in [0.1, 0.15) is 51.9 Å².